The van der Waals surface area contributed by atoms with Crippen LogP contribution < -0.4 is 0 Å². The number of halogens is 3. The number of nitriles is 1. The molecule has 0 aliphatic carbocycles. The highest BCUT2D eigenvalue weighted by molar-refractivity contribution is 6.35. The fraction of sp³-hybridized carbons (Fsp3) is 0.0667. The summed E-state index contributed by atoms with van der Waals surface area (Å²) in [7, 11) is 0. The predicted octanol–water partition coefficient (Wildman–Crippen LogP) is 5.14. The van der Waals surface area contributed by atoms with E-state index < -0.39 is 5.92 Å². The van der Waals surface area contributed by atoms with Crippen molar-refractivity contribution in [3.63, 3.8) is 0 Å². The van der Waals surface area contributed by atoms with Crippen LogP contribution in [0.2, 0.25) is 15.1 Å². The second kappa shape index (κ2) is 6.28. The van der Waals surface area contributed by atoms with Crippen molar-refractivity contribution in [2.45, 2.75) is 5.92 Å². The second-order valence-electron chi connectivity index (χ2n) is 4.10. The van der Waals surface area contributed by atoms with Crippen LogP contribution in [0.1, 0.15) is 21.8 Å². The van der Waals surface area contributed by atoms with Crippen molar-refractivity contribution < 1.29 is 4.79 Å². The fourth-order valence-electron chi connectivity index (χ4n) is 1.79. The molecule has 0 spiro atoms. The predicted molar refractivity (Wildman–Crippen MR) is 80.6 cm³/mol. The molecule has 20 heavy (non-hydrogen) atoms. The quantitative estimate of drug-likeness (QED) is 0.734. The monoisotopic (exact) mass is 323 g/mol. The molecule has 0 aliphatic heterocycles. The fourth-order valence-corrected chi connectivity index (χ4v) is 2.43. The average molecular weight is 325 g/mol. The van der Waals surface area contributed by atoms with E-state index in [1.807, 2.05) is 6.07 Å². The maximum atomic E-state index is 12.4. The first-order valence-corrected chi connectivity index (χ1v) is 6.80. The van der Waals surface area contributed by atoms with Crippen LogP contribution in [-0.4, -0.2) is 5.78 Å². The first kappa shape index (κ1) is 14.9. The van der Waals surface area contributed by atoms with Gasteiger partial charge in [0, 0.05) is 20.6 Å². The maximum Gasteiger partial charge on any atom is 0.184 e. The Morgan fingerprint density at radius 1 is 1.00 bits per heavy atom. The smallest absolute Gasteiger partial charge is 0.184 e. The highest BCUT2D eigenvalue weighted by Crippen LogP contribution is 2.29. The van der Waals surface area contributed by atoms with Crippen molar-refractivity contribution in [3.05, 3.63) is 68.7 Å². The maximum absolute atomic E-state index is 12.4. The summed E-state index contributed by atoms with van der Waals surface area (Å²) < 4.78 is 0. The summed E-state index contributed by atoms with van der Waals surface area (Å²) in [5.74, 6) is -1.30. The molecule has 2 aromatic rings. The molecule has 0 radical (unpaired) electrons. The van der Waals surface area contributed by atoms with Crippen LogP contribution in [0.4, 0.5) is 0 Å². The van der Waals surface area contributed by atoms with Crippen LogP contribution in [0.15, 0.2) is 42.5 Å². The Hall–Kier alpha value is -1.53. The van der Waals surface area contributed by atoms with Gasteiger partial charge in [0.1, 0.15) is 5.92 Å². The number of hydrogen-bond acceptors (Lipinski definition) is 2. The highest BCUT2D eigenvalue weighted by atomic mass is 35.5. The molecule has 2 rings (SSSR count). The van der Waals surface area contributed by atoms with Gasteiger partial charge in [0.25, 0.3) is 0 Å². The first-order chi connectivity index (χ1) is 9.52. The lowest BCUT2D eigenvalue weighted by atomic mass is 9.92. The minimum Gasteiger partial charge on any atom is -0.292 e. The highest BCUT2D eigenvalue weighted by Gasteiger charge is 2.24. The lowest BCUT2D eigenvalue weighted by molar-refractivity contribution is 0.0979. The molecule has 0 N–H and O–H groups in total. The zero-order valence-corrected chi connectivity index (χ0v) is 12.4. The molecule has 0 aliphatic rings. The molecule has 0 bridgehead atoms. The molecule has 1 unspecified atom stereocenters. The van der Waals surface area contributed by atoms with Crippen molar-refractivity contribution >= 4 is 40.6 Å². The molecule has 2 aromatic carbocycles. The summed E-state index contributed by atoms with van der Waals surface area (Å²) in [6.07, 6.45) is 0. The number of carbonyl (C=O) groups excluding carboxylic acids is 1. The van der Waals surface area contributed by atoms with Gasteiger partial charge in [0.15, 0.2) is 5.78 Å². The Bertz CT molecular complexity index is 689. The molecule has 1 atom stereocenters. The van der Waals surface area contributed by atoms with Crippen LogP contribution in [0.5, 0.6) is 0 Å². The van der Waals surface area contributed by atoms with Crippen molar-refractivity contribution in [2.75, 3.05) is 0 Å². The van der Waals surface area contributed by atoms with Gasteiger partial charge < -0.3 is 0 Å². The Morgan fingerprint density at radius 3 is 2.15 bits per heavy atom. The van der Waals surface area contributed by atoms with E-state index in [0.717, 1.165) is 0 Å². The number of hydrogen-bond donors (Lipinski definition) is 0. The van der Waals surface area contributed by atoms with Crippen molar-refractivity contribution in [1.82, 2.24) is 0 Å². The van der Waals surface area contributed by atoms with E-state index in [1.54, 1.807) is 36.4 Å². The van der Waals surface area contributed by atoms with Crippen LogP contribution in [0, 0.1) is 11.3 Å². The molecular weight excluding hydrogens is 317 g/mol. The third-order valence-corrected chi connectivity index (χ3v) is 3.61. The van der Waals surface area contributed by atoms with Gasteiger partial charge in [-0.25, -0.2) is 0 Å². The van der Waals surface area contributed by atoms with E-state index in [1.165, 1.54) is 6.07 Å². The third-order valence-electron chi connectivity index (χ3n) is 2.79. The topological polar surface area (TPSA) is 40.9 Å². The van der Waals surface area contributed by atoms with Gasteiger partial charge in [0.05, 0.1) is 6.07 Å². The number of Topliss-reactive ketones (excluding diaryl/α,β-unsaturated/α-hetero) is 1. The van der Waals surface area contributed by atoms with Crippen LogP contribution in [0.3, 0.4) is 0 Å². The summed E-state index contributed by atoms with van der Waals surface area (Å²) in [4.78, 5) is 12.4. The number of ketones is 1. The Kier molecular flexibility index (Phi) is 4.67. The van der Waals surface area contributed by atoms with Gasteiger partial charge in [-0.15, -0.1) is 0 Å². The van der Waals surface area contributed by atoms with Gasteiger partial charge in [-0.3, -0.25) is 4.79 Å². The minimum atomic E-state index is -0.971. The molecule has 0 amide bonds. The average Bonchev–Trinajstić information content (AvgIpc) is 2.42. The molecule has 5 heteroatoms. The summed E-state index contributed by atoms with van der Waals surface area (Å²) in [6, 6.07) is 13.1. The minimum absolute atomic E-state index is 0.298. The Morgan fingerprint density at radius 2 is 1.60 bits per heavy atom. The summed E-state index contributed by atoms with van der Waals surface area (Å²) >= 11 is 17.6. The summed E-state index contributed by atoms with van der Waals surface area (Å²) in [5, 5.41) is 10.5. The van der Waals surface area contributed by atoms with Gasteiger partial charge >= 0.3 is 0 Å². The molecule has 0 saturated heterocycles. The van der Waals surface area contributed by atoms with Crippen molar-refractivity contribution in [1.29, 1.82) is 5.26 Å². The lowest BCUT2D eigenvalue weighted by Gasteiger charge is -2.11. The van der Waals surface area contributed by atoms with Crippen molar-refractivity contribution in [3.8, 4) is 6.07 Å². The van der Waals surface area contributed by atoms with Crippen molar-refractivity contribution in [2.24, 2.45) is 0 Å². The Labute approximate surface area is 131 Å². The summed E-state index contributed by atoms with van der Waals surface area (Å²) in [6.45, 7) is 0. The van der Waals surface area contributed by atoms with Crippen LogP contribution >= 0.6 is 34.8 Å². The number of carbonyl (C=O) groups is 1. The van der Waals surface area contributed by atoms with Gasteiger partial charge in [0.2, 0.25) is 0 Å². The van der Waals surface area contributed by atoms with E-state index in [4.69, 9.17) is 34.8 Å². The molecular formula is C15H8Cl3NO. The largest absolute Gasteiger partial charge is 0.292 e. The molecule has 0 saturated carbocycles. The first-order valence-electron chi connectivity index (χ1n) is 5.67. The molecule has 0 heterocycles. The van der Waals surface area contributed by atoms with Crippen LogP contribution in [0.25, 0.3) is 0 Å². The summed E-state index contributed by atoms with van der Waals surface area (Å²) in [5.41, 5.74) is 0.852. The molecule has 0 aromatic heterocycles. The number of benzene rings is 2. The van der Waals surface area contributed by atoms with E-state index >= 15 is 0 Å². The SMILES string of the molecule is N#CC(C(=O)c1ccc(Cl)cc1)c1ccc(Cl)cc1Cl. The molecule has 100 valence electrons. The normalized spacial score (nSPS) is 11.7. The van der Waals surface area contributed by atoms with E-state index in [2.05, 4.69) is 0 Å². The van der Waals surface area contributed by atoms with Crippen LogP contribution in [-0.2, 0) is 0 Å². The third kappa shape index (κ3) is 3.13. The standard InChI is InChI=1S/C15H8Cl3NO/c16-10-3-1-9(2-4-10)15(20)13(8-19)12-6-5-11(17)7-14(12)18/h1-7,13H. The second-order valence-corrected chi connectivity index (χ2v) is 5.38. The zero-order valence-electron chi connectivity index (χ0n) is 10.1. The van der Waals surface area contributed by atoms with E-state index in [-0.39, 0.29) is 5.78 Å². The molecule has 2 nitrogen and oxygen atoms in total. The number of nitrogens with zero attached hydrogens (tertiary/aromatic N) is 1. The molecule has 0 fully saturated rings. The van der Waals surface area contributed by atoms with E-state index in [9.17, 15) is 10.1 Å². The Balaban J connectivity index is 2.40. The van der Waals surface area contributed by atoms with E-state index in [0.29, 0.717) is 26.2 Å². The number of rotatable bonds is 3. The van der Waals surface area contributed by atoms with Gasteiger partial charge in [-0.2, -0.15) is 5.26 Å². The van der Waals surface area contributed by atoms with Gasteiger partial charge in [-0.05, 0) is 42.0 Å². The zero-order chi connectivity index (χ0) is 14.7. The van der Waals surface area contributed by atoms with Gasteiger partial charge in [-0.1, -0.05) is 40.9 Å². The lowest BCUT2D eigenvalue weighted by Crippen LogP contribution is -2.11.